The van der Waals surface area contributed by atoms with Crippen LogP contribution in [0.2, 0.25) is 0 Å². The summed E-state index contributed by atoms with van der Waals surface area (Å²) in [5, 5.41) is 0. The number of hydrogen-bond acceptors (Lipinski definition) is 4. The van der Waals surface area contributed by atoms with Gasteiger partial charge in [0.2, 0.25) is 0 Å². The first kappa shape index (κ1) is 20.2. The number of unbranched alkanes of at least 4 members (excludes halogenated alkanes) is 4. The summed E-state index contributed by atoms with van der Waals surface area (Å²) in [6, 6.07) is 8.64. The van der Waals surface area contributed by atoms with Gasteiger partial charge < -0.3 is 15.4 Å². The van der Waals surface area contributed by atoms with Crippen LogP contribution in [0.4, 0.5) is 0 Å². The minimum Gasteiger partial charge on any atom is -0.494 e. The molecular weight excluding hydrogens is 310 g/mol. The molecule has 0 atom stereocenters. The molecule has 1 aliphatic rings. The van der Waals surface area contributed by atoms with Crippen LogP contribution in [0.3, 0.4) is 0 Å². The molecule has 1 fully saturated rings. The maximum absolute atomic E-state index is 5.94. The number of hydrogen-bond donors (Lipinski definition) is 1. The Hall–Kier alpha value is -1.10. The van der Waals surface area contributed by atoms with E-state index < -0.39 is 0 Å². The lowest BCUT2D eigenvalue weighted by Crippen LogP contribution is -2.46. The lowest BCUT2D eigenvalue weighted by Gasteiger charge is -2.34. The molecule has 1 saturated heterocycles. The number of rotatable bonds is 12. The van der Waals surface area contributed by atoms with E-state index in [0.717, 1.165) is 71.0 Å². The van der Waals surface area contributed by atoms with Crippen LogP contribution < -0.4 is 10.5 Å². The van der Waals surface area contributed by atoms with E-state index >= 15 is 0 Å². The van der Waals surface area contributed by atoms with Gasteiger partial charge in [-0.15, -0.1) is 0 Å². The maximum atomic E-state index is 5.94. The monoisotopic (exact) mass is 347 g/mol. The number of piperazine rings is 1. The van der Waals surface area contributed by atoms with Gasteiger partial charge in [0, 0.05) is 32.7 Å². The van der Waals surface area contributed by atoms with Crippen molar-refractivity contribution in [1.82, 2.24) is 9.80 Å². The summed E-state index contributed by atoms with van der Waals surface area (Å²) in [6.45, 7) is 10.7. The highest BCUT2D eigenvalue weighted by molar-refractivity contribution is 5.28. The van der Waals surface area contributed by atoms with Crippen molar-refractivity contribution in [2.75, 3.05) is 45.9 Å². The smallest absolute Gasteiger partial charge is 0.119 e. The summed E-state index contributed by atoms with van der Waals surface area (Å²) in [5.74, 6) is 1.02. The van der Waals surface area contributed by atoms with E-state index in [1.807, 2.05) is 0 Å². The molecule has 0 spiro atoms. The third-order valence-electron chi connectivity index (χ3n) is 4.96. The van der Waals surface area contributed by atoms with Crippen LogP contribution in [0.25, 0.3) is 0 Å². The van der Waals surface area contributed by atoms with Crippen LogP contribution in [0.1, 0.15) is 51.0 Å². The maximum Gasteiger partial charge on any atom is 0.119 e. The van der Waals surface area contributed by atoms with Gasteiger partial charge >= 0.3 is 0 Å². The van der Waals surface area contributed by atoms with Crippen molar-refractivity contribution < 1.29 is 4.74 Å². The van der Waals surface area contributed by atoms with E-state index in [1.54, 1.807) is 0 Å². The lowest BCUT2D eigenvalue weighted by molar-refractivity contribution is 0.126. The molecular formula is C21H37N3O. The molecule has 0 saturated carbocycles. The molecule has 25 heavy (non-hydrogen) atoms. The zero-order chi connectivity index (χ0) is 17.7. The highest BCUT2D eigenvalue weighted by Gasteiger charge is 2.16. The van der Waals surface area contributed by atoms with Crippen LogP contribution in [0, 0.1) is 0 Å². The van der Waals surface area contributed by atoms with Gasteiger partial charge in [-0.3, -0.25) is 4.90 Å². The summed E-state index contributed by atoms with van der Waals surface area (Å²) in [7, 11) is 0. The Kier molecular flexibility index (Phi) is 9.93. The van der Waals surface area contributed by atoms with Crippen molar-refractivity contribution in [2.24, 2.45) is 5.73 Å². The van der Waals surface area contributed by atoms with Crippen molar-refractivity contribution in [3.63, 3.8) is 0 Å². The van der Waals surface area contributed by atoms with Gasteiger partial charge in [0.25, 0.3) is 0 Å². The summed E-state index contributed by atoms with van der Waals surface area (Å²) >= 11 is 0. The van der Waals surface area contributed by atoms with Crippen molar-refractivity contribution >= 4 is 0 Å². The quantitative estimate of drug-likeness (QED) is 0.588. The average Bonchev–Trinajstić information content (AvgIpc) is 2.64. The Morgan fingerprint density at radius 2 is 1.72 bits per heavy atom. The van der Waals surface area contributed by atoms with Crippen LogP contribution in [-0.4, -0.2) is 55.7 Å². The third kappa shape index (κ3) is 8.21. The second kappa shape index (κ2) is 12.3. The van der Waals surface area contributed by atoms with Crippen molar-refractivity contribution in [3.8, 4) is 5.75 Å². The van der Waals surface area contributed by atoms with Crippen molar-refractivity contribution in [3.05, 3.63) is 29.8 Å². The lowest BCUT2D eigenvalue weighted by atomic mass is 10.1. The molecule has 4 heteroatoms. The van der Waals surface area contributed by atoms with Crippen LogP contribution in [-0.2, 0) is 6.54 Å². The number of nitrogens with zero attached hydrogens (tertiary/aromatic N) is 2. The van der Waals surface area contributed by atoms with E-state index in [4.69, 9.17) is 10.5 Å². The summed E-state index contributed by atoms with van der Waals surface area (Å²) in [4.78, 5) is 5.07. The van der Waals surface area contributed by atoms with E-state index in [2.05, 4.69) is 41.0 Å². The molecule has 142 valence electrons. The van der Waals surface area contributed by atoms with Gasteiger partial charge in [-0.1, -0.05) is 44.7 Å². The van der Waals surface area contributed by atoms with Crippen molar-refractivity contribution in [2.45, 2.75) is 52.0 Å². The second-order valence-electron chi connectivity index (χ2n) is 7.17. The Labute approximate surface area is 154 Å². The molecule has 1 aliphatic heterocycles. The molecule has 0 bridgehead atoms. The Morgan fingerprint density at radius 1 is 0.960 bits per heavy atom. The number of ether oxygens (including phenoxy) is 1. The molecule has 2 rings (SSSR count). The number of benzene rings is 1. The molecule has 2 N–H and O–H groups in total. The molecule has 0 aliphatic carbocycles. The second-order valence-corrected chi connectivity index (χ2v) is 7.17. The predicted molar refractivity (Wildman–Crippen MR) is 106 cm³/mol. The summed E-state index contributed by atoms with van der Waals surface area (Å²) < 4.78 is 5.94. The van der Waals surface area contributed by atoms with E-state index in [9.17, 15) is 0 Å². The topological polar surface area (TPSA) is 41.7 Å². The van der Waals surface area contributed by atoms with Crippen LogP contribution >= 0.6 is 0 Å². The molecule has 1 heterocycles. The highest BCUT2D eigenvalue weighted by atomic mass is 16.5. The Bertz CT molecular complexity index is 458. The van der Waals surface area contributed by atoms with Crippen LogP contribution in [0.15, 0.2) is 24.3 Å². The molecule has 0 radical (unpaired) electrons. The van der Waals surface area contributed by atoms with Gasteiger partial charge in [0.05, 0.1) is 6.61 Å². The first-order chi connectivity index (χ1) is 12.3. The van der Waals surface area contributed by atoms with Gasteiger partial charge in [-0.05, 0) is 43.6 Å². The average molecular weight is 348 g/mol. The molecule has 4 nitrogen and oxygen atoms in total. The van der Waals surface area contributed by atoms with E-state index in [1.165, 1.54) is 31.2 Å². The standard InChI is InChI=1S/C21H37N3O/c1-2-3-4-5-6-17-25-21-10-7-9-20(18-21)19-24-15-13-23(14-16-24)12-8-11-22/h7,9-10,18H,2-6,8,11-17,19,22H2,1H3. The normalized spacial score (nSPS) is 16.2. The van der Waals surface area contributed by atoms with Gasteiger partial charge in [-0.25, -0.2) is 0 Å². The zero-order valence-corrected chi connectivity index (χ0v) is 16.1. The van der Waals surface area contributed by atoms with Crippen LogP contribution in [0.5, 0.6) is 5.75 Å². The van der Waals surface area contributed by atoms with E-state index in [-0.39, 0.29) is 0 Å². The number of nitrogens with two attached hydrogens (primary N) is 1. The first-order valence-corrected chi connectivity index (χ1v) is 10.2. The highest BCUT2D eigenvalue weighted by Crippen LogP contribution is 2.16. The summed E-state index contributed by atoms with van der Waals surface area (Å²) in [5.41, 5.74) is 6.97. The van der Waals surface area contributed by atoms with Crippen molar-refractivity contribution in [1.29, 1.82) is 0 Å². The minimum atomic E-state index is 0.797. The first-order valence-electron chi connectivity index (χ1n) is 10.2. The fraction of sp³-hybridized carbons (Fsp3) is 0.714. The molecule has 1 aromatic rings. The molecule has 0 unspecified atom stereocenters. The molecule has 0 amide bonds. The third-order valence-corrected chi connectivity index (χ3v) is 4.96. The molecule has 1 aromatic carbocycles. The fourth-order valence-electron chi connectivity index (χ4n) is 3.37. The Morgan fingerprint density at radius 3 is 2.48 bits per heavy atom. The Balaban J connectivity index is 1.67. The SMILES string of the molecule is CCCCCCCOc1cccc(CN2CCN(CCCN)CC2)c1. The molecule has 0 aromatic heterocycles. The minimum absolute atomic E-state index is 0.797. The van der Waals surface area contributed by atoms with Gasteiger partial charge in [-0.2, -0.15) is 0 Å². The van der Waals surface area contributed by atoms with Gasteiger partial charge in [0.1, 0.15) is 5.75 Å². The zero-order valence-electron chi connectivity index (χ0n) is 16.1. The largest absolute Gasteiger partial charge is 0.494 e. The predicted octanol–water partition coefficient (Wildman–Crippen LogP) is 3.50. The van der Waals surface area contributed by atoms with Gasteiger partial charge in [0.15, 0.2) is 0 Å². The summed E-state index contributed by atoms with van der Waals surface area (Å²) in [6.07, 6.45) is 7.52. The van der Waals surface area contributed by atoms with E-state index in [0.29, 0.717) is 0 Å². The fourth-order valence-corrected chi connectivity index (χ4v) is 3.37.